The number of halogens is 1. The third-order valence-electron chi connectivity index (χ3n) is 3.44. The van der Waals surface area contributed by atoms with Gasteiger partial charge in [0.1, 0.15) is 5.82 Å². The summed E-state index contributed by atoms with van der Waals surface area (Å²) in [6.07, 6.45) is 1.65. The SMILES string of the molecule is Cc1cccc(C(=O)Nc2ccc(Nc3ccccc3Cl)cn2)c1. The summed E-state index contributed by atoms with van der Waals surface area (Å²) in [5.41, 5.74) is 3.24. The van der Waals surface area contributed by atoms with E-state index in [1.165, 1.54) is 0 Å². The number of pyridine rings is 1. The van der Waals surface area contributed by atoms with Gasteiger partial charge in [-0.3, -0.25) is 4.79 Å². The number of benzene rings is 2. The molecule has 2 N–H and O–H groups in total. The molecule has 0 atom stereocenters. The molecule has 0 bridgehead atoms. The maximum atomic E-state index is 12.2. The maximum absolute atomic E-state index is 12.2. The standard InChI is InChI=1S/C19H16ClN3O/c1-13-5-4-6-14(11-13)19(24)23-18-10-9-15(12-21-18)22-17-8-3-2-7-16(17)20/h2-12,22H,1H3,(H,21,23,24). The highest BCUT2D eigenvalue weighted by molar-refractivity contribution is 6.33. The van der Waals surface area contributed by atoms with Crippen LogP contribution in [0.3, 0.4) is 0 Å². The van der Waals surface area contributed by atoms with E-state index in [-0.39, 0.29) is 5.91 Å². The average Bonchev–Trinajstić information content (AvgIpc) is 2.58. The van der Waals surface area contributed by atoms with Crippen LogP contribution in [-0.4, -0.2) is 10.9 Å². The first kappa shape index (κ1) is 16.0. The van der Waals surface area contributed by atoms with Gasteiger partial charge in [-0.15, -0.1) is 0 Å². The van der Waals surface area contributed by atoms with Gasteiger partial charge in [0, 0.05) is 5.56 Å². The second-order valence-electron chi connectivity index (χ2n) is 5.36. The van der Waals surface area contributed by atoms with Crippen molar-refractivity contribution in [2.45, 2.75) is 6.92 Å². The number of hydrogen-bond donors (Lipinski definition) is 2. The molecule has 1 amide bonds. The number of para-hydroxylation sites is 1. The maximum Gasteiger partial charge on any atom is 0.256 e. The minimum Gasteiger partial charge on any atom is -0.353 e. The Labute approximate surface area is 145 Å². The Hall–Kier alpha value is -2.85. The summed E-state index contributed by atoms with van der Waals surface area (Å²) in [6, 6.07) is 18.5. The van der Waals surface area contributed by atoms with Crippen LogP contribution < -0.4 is 10.6 Å². The first-order chi connectivity index (χ1) is 11.6. The second-order valence-corrected chi connectivity index (χ2v) is 5.77. The Bertz CT molecular complexity index is 862. The Kier molecular flexibility index (Phi) is 4.77. The number of nitrogens with one attached hydrogen (secondary N) is 2. The predicted molar refractivity (Wildman–Crippen MR) is 98.1 cm³/mol. The van der Waals surface area contributed by atoms with E-state index < -0.39 is 0 Å². The predicted octanol–water partition coefficient (Wildman–Crippen LogP) is 5.04. The van der Waals surface area contributed by atoms with Crippen LogP contribution >= 0.6 is 11.6 Å². The van der Waals surface area contributed by atoms with Gasteiger partial charge in [-0.2, -0.15) is 0 Å². The molecule has 0 radical (unpaired) electrons. The Morgan fingerprint density at radius 3 is 2.58 bits per heavy atom. The monoisotopic (exact) mass is 337 g/mol. The van der Waals surface area contributed by atoms with E-state index in [1.54, 1.807) is 18.3 Å². The molecule has 0 unspecified atom stereocenters. The highest BCUT2D eigenvalue weighted by Gasteiger charge is 2.07. The highest BCUT2D eigenvalue weighted by atomic mass is 35.5. The van der Waals surface area contributed by atoms with Crippen LogP contribution in [0.2, 0.25) is 5.02 Å². The molecule has 120 valence electrons. The van der Waals surface area contributed by atoms with E-state index in [9.17, 15) is 4.79 Å². The highest BCUT2D eigenvalue weighted by Crippen LogP contribution is 2.24. The van der Waals surface area contributed by atoms with Gasteiger partial charge in [0.2, 0.25) is 0 Å². The summed E-state index contributed by atoms with van der Waals surface area (Å²) in [6.45, 7) is 1.95. The molecule has 0 aliphatic carbocycles. The third kappa shape index (κ3) is 3.91. The fraction of sp³-hybridized carbons (Fsp3) is 0.0526. The van der Waals surface area contributed by atoms with Crippen LogP contribution in [0.15, 0.2) is 66.9 Å². The molecule has 0 saturated carbocycles. The number of anilines is 3. The van der Waals surface area contributed by atoms with Gasteiger partial charge in [0.05, 0.1) is 22.6 Å². The van der Waals surface area contributed by atoms with Crippen LogP contribution in [-0.2, 0) is 0 Å². The molecule has 5 heteroatoms. The molecular weight excluding hydrogens is 322 g/mol. The lowest BCUT2D eigenvalue weighted by atomic mass is 10.1. The van der Waals surface area contributed by atoms with Crippen molar-refractivity contribution in [3.8, 4) is 0 Å². The number of amides is 1. The lowest BCUT2D eigenvalue weighted by molar-refractivity contribution is 0.102. The van der Waals surface area contributed by atoms with Gasteiger partial charge in [0.15, 0.2) is 0 Å². The zero-order valence-electron chi connectivity index (χ0n) is 13.1. The van der Waals surface area contributed by atoms with Gasteiger partial charge in [-0.25, -0.2) is 4.98 Å². The minimum atomic E-state index is -0.182. The van der Waals surface area contributed by atoms with Crippen molar-refractivity contribution >= 4 is 34.7 Å². The van der Waals surface area contributed by atoms with Gasteiger partial charge in [-0.1, -0.05) is 41.4 Å². The van der Waals surface area contributed by atoms with Crippen molar-refractivity contribution in [3.05, 3.63) is 83.0 Å². The molecule has 0 aliphatic heterocycles. The fourth-order valence-electron chi connectivity index (χ4n) is 2.23. The number of carbonyl (C=O) groups excluding carboxylic acids is 1. The molecule has 3 aromatic rings. The summed E-state index contributed by atoms with van der Waals surface area (Å²) >= 11 is 6.11. The number of carbonyl (C=O) groups is 1. The van der Waals surface area contributed by atoms with Crippen molar-refractivity contribution in [2.75, 3.05) is 10.6 Å². The van der Waals surface area contributed by atoms with Crippen molar-refractivity contribution < 1.29 is 4.79 Å². The molecule has 0 saturated heterocycles. The van der Waals surface area contributed by atoms with Crippen molar-refractivity contribution in [3.63, 3.8) is 0 Å². The molecular formula is C19H16ClN3O. The van der Waals surface area contributed by atoms with Crippen molar-refractivity contribution in [1.82, 2.24) is 4.98 Å². The number of aryl methyl sites for hydroxylation is 1. The van der Waals surface area contributed by atoms with Crippen LogP contribution in [0.25, 0.3) is 0 Å². The number of nitrogens with zero attached hydrogens (tertiary/aromatic N) is 1. The lowest BCUT2D eigenvalue weighted by Gasteiger charge is -2.09. The van der Waals surface area contributed by atoms with Crippen LogP contribution in [0.4, 0.5) is 17.2 Å². The van der Waals surface area contributed by atoms with Gasteiger partial charge >= 0.3 is 0 Å². The Morgan fingerprint density at radius 1 is 1.04 bits per heavy atom. The second kappa shape index (κ2) is 7.15. The fourth-order valence-corrected chi connectivity index (χ4v) is 2.42. The van der Waals surface area contributed by atoms with Crippen molar-refractivity contribution in [2.24, 2.45) is 0 Å². The average molecular weight is 338 g/mol. The first-order valence-electron chi connectivity index (χ1n) is 7.47. The third-order valence-corrected chi connectivity index (χ3v) is 3.77. The topological polar surface area (TPSA) is 54.0 Å². The quantitative estimate of drug-likeness (QED) is 0.701. The van der Waals surface area contributed by atoms with Crippen LogP contribution in [0.1, 0.15) is 15.9 Å². The molecule has 24 heavy (non-hydrogen) atoms. The molecule has 3 rings (SSSR count). The molecule has 0 spiro atoms. The molecule has 1 aromatic heterocycles. The Morgan fingerprint density at radius 2 is 1.88 bits per heavy atom. The van der Waals surface area contributed by atoms with E-state index in [4.69, 9.17) is 11.6 Å². The van der Waals surface area contributed by atoms with Gasteiger partial charge in [0.25, 0.3) is 5.91 Å². The minimum absolute atomic E-state index is 0.182. The van der Waals surface area contributed by atoms with Gasteiger partial charge in [-0.05, 0) is 43.3 Å². The molecule has 4 nitrogen and oxygen atoms in total. The first-order valence-corrected chi connectivity index (χ1v) is 7.85. The van der Waals surface area contributed by atoms with Crippen LogP contribution in [0, 0.1) is 6.92 Å². The normalized spacial score (nSPS) is 10.2. The number of hydrogen-bond acceptors (Lipinski definition) is 3. The summed E-state index contributed by atoms with van der Waals surface area (Å²) < 4.78 is 0. The lowest BCUT2D eigenvalue weighted by Crippen LogP contribution is -2.13. The zero-order chi connectivity index (χ0) is 16.9. The van der Waals surface area contributed by atoms with E-state index in [1.807, 2.05) is 55.5 Å². The molecule has 1 heterocycles. The number of aromatic nitrogens is 1. The Balaban J connectivity index is 1.68. The summed E-state index contributed by atoms with van der Waals surface area (Å²) in [5, 5.41) is 6.60. The molecule has 2 aromatic carbocycles. The number of rotatable bonds is 4. The summed E-state index contributed by atoms with van der Waals surface area (Å²) in [7, 11) is 0. The van der Waals surface area contributed by atoms with Crippen LogP contribution in [0.5, 0.6) is 0 Å². The molecule has 0 fully saturated rings. The van der Waals surface area contributed by atoms with E-state index in [0.29, 0.717) is 16.4 Å². The van der Waals surface area contributed by atoms with E-state index >= 15 is 0 Å². The molecule has 0 aliphatic rings. The van der Waals surface area contributed by atoms with Gasteiger partial charge < -0.3 is 10.6 Å². The zero-order valence-corrected chi connectivity index (χ0v) is 13.8. The van der Waals surface area contributed by atoms with E-state index in [0.717, 1.165) is 16.9 Å². The largest absolute Gasteiger partial charge is 0.353 e. The van der Waals surface area contributed by atoms with Crippen molar-refractivity contribution in [1.29, 1.82) is 0 Å². The summed E-state index contributed by atoms with van der Waals surface area (Å²) in [5.74, 6) is 0.309. The summed E-state index contributed by atoms with van der Waals surface area (Å²) in [4.78, 5) is 16.5. The smallest absolute Gasteiger partial charge is 0.256 e. The van der Waals surface area contributed by atoms with E-state index in [2.05, 4.69) is 15.6 Å².